The van der Waals surface area contributed by atoms with Crippen molar-refractivity contribution in [2.75, 3.05) is 43.5 Å². The maximum absolute atomic E-state index is 12.6. The third-order valence-corrected chi connectivity index (χ3v) is 4.81. The number of amides is 2. The summed E-state index contributed by atoms with van der Waals surface area (Å²) in [5.41, 5.74) is 4.72. The minimum absolute atomic E-state index is 0.155. The molecule has 27 heavy (non-hydrogen) atoms. The van der Waals surface area contributed by atoms with Crippen LogP contribution in [-0.4, -0.2) is 50.2 Å². The monoisotopic (exact) mass is 367 g/mol. The summed E-state index contributed by atoms with van der Waals surface area (Å²) in [6.45, 7) is 7.09. The Kier molecular flexibility index (Phi) is 5.64. The Morgan fingerprint density at radius 3 is 2.44 bits per heavy atom. The molecule has 1 saturated heterocycles. The zero-order valence-electron chi connectivity index (χ0n) is 16.0. The van der Waals surface area contributed by atoms with Crippen molar-refractivity contribution in [3.63, 3.8) is 0 Å². The number of benzene rings is 2. The van der Waals surface area contributed by atoms with E-state index in [1.165, 1.54) is 23.9 Å². The number of carbonyl (C=O) groups excluding carboxylic acids is 2. The summed E-state index contributed by atoms with van der Waals surface area (Å²) in [7, 11) is 1.34. The molecule has 0 atom stereocenters. The molecule has 0 bridgehead atoms. The van der Waals surface area contributed by atoms with E-state index < -0.39 is 5.97 Å². The number of ether oxygens (including phenoxy) is 1. The quantitative estimate of drug-likeness (QED) is 0.844. The Bertz CT molecular complexity index is 842. The molecule has 1 heterocycles. The van der Waals surface area contributed by atoms with Crippen molar-refractivity contribution < 1.29 is 14.3 Å². The maximum atomic E-state index is 12.6. The Morgan fingerprint density at radius 2 is 1.74 bits per heavy atom. The highest BCUT2D eigenvalue weighted by Crippen LogP contribution is 2.23. The summed E-state index contributed by atoms with van der Waals surface area (Å²) in [4.78, 5) is 28.3. The topological polar surface area (TPSA) is 61.9 Å². The molecule has 142 valence electrons. The van der Waals surface area contributed by atoms with Crippen LogP contribution in [0.5, 0.6) is 0 Å². The van der Waals surface area contributed by atoms with E-state index in [1.54, 1.807) is 29.2 Å². The van der Waals surface area contributed by atoms with Crippen LogP contribution in [0.25, 0.3) is 0 Å². The van der Waals surface area contributed by atoms with Gasteiger partial charge in [0.05, 0.1) is 12.7 Å². The van der Waals surface area contributed by atoms with Gasteiger partial charge in [-0.25, -0.2) is 9.59 Å². The van der Waals surface area contributed by atoms with Gasteiger partial charge in [0.1, 0.15) is 0 Å². The van der Waals surface area contributed by atoms with E-state index >= 15 is 0 Å². The normalized spacial score (nSPS) is 14.0. The van der Waals surface area contributed by atoms with Crippen molar-refractivity contribution in [1.82, 2.24) is 4.90 Å². The SMILES string of the molecule is COC(=O)c1cccc(NC(=O)N2CCN(c3cc(C)ccc3C)CC2)c1. The molecule has 0 aromatic heterocycles. The van der Waals surface area contributed by atoms with Crippen molar-refractivity contribution in [3.05, 3.63) is 59.2 Å². The maximum Gasteiger partial charge on any atom is 0.337 e. The van der Waals surface area contributed by atoms with Gasteiger partial charge >= 0.3 is 12.0 Å². The molecule has 1 N–H and O–H groups in total. The molecule has 0 aliphatic carbocycles. The van der Waals surface area contributed by atoms with Gasteiger partial charge in [-0.05, 0) is 49.2 Å². The minimum atomic E-state index is -0.423. The van der Waals surface area contributed by atoms with Crippen molar-refractivity contribution in [2.45, 2.75) is 13.8 Å². The molecule has 0 spiro atoms. The van der Waals surface area contributed by atoms with Gasteiger partial charge in [0.25, 0.3) is 0 Å². The van der Waals surface area contributed by atoms with Crippen molar-refractivity contribution >= 4 is 23.4 Å². The molecule has 1 aliphatic heterocycles. The average molecular weight is 367 g/mol. The van der Waals surface area contributed by atoms with Gasteiger partial charge in [0.2, 0.25) is 0 Å². The molecule has 3 rings (SSSR count). The van der Waals surface area contributed by atoms with Crippen LogP contribution in [0.3, 0.4) is 0 Å². The molecule has 2 aromatic rings. The van der Waals surface area contributed by atoms with Crippen LogP contribution in [0.1, 0.15) is 21.5 Å². The Balaban J connectivity index is 1.60. The third kappa shape index (κ3) is 4.39. The second-order valence-electron chi connectivity index (χ2n) is 6.77. The zero-order chi connectivity index (χ0) is 19.4. The number of nitrogens with one attached hydrogen (secondary N) is 1. The molecule has 1 aliphatic rings. The highest BCUT2D eigenvalue weighted by Gasteiger charge is 2.22. The van der Waals surface area contributed by atoms with E-state index in [0.29, 0.717) is 24.3 Å². The first kappa shape index (κ1) is 18.8. The van der Waals surface area contributed by atoms with Crippen LogP contribution < -0.4 is 10.2 Å². The molecule has 2 amide bonds. The summed E-state index contributed by atoms with van der Waals surface area (Å²) in [6.07, 6.45) is 0. The number of piperazine rings is 1. The Labute approximate surface area is 159 Å². The molecule has 0 radical (unpaired) electrons. The van der Waals surface area contributed by atoms with E-state index in [0.717, 1.165) is 13.1 Å². The zero-order valence-corrected chi connectivity index (χ0v) is 16.0. The van der Waals surface area contributed by atoms with Crippen LogP contribution in [0.15, 0.2) is 42.5 Å². The standard InChI is InChI=1S/C21H25N3O3/c1-15-7-8-16(2)19(13-15)23-9-11-24(12-10-23)21(26)22-18-6-4-5-17(14-18)20(25)27-3/h4-8,13-14H,9-12H2,1-3H3,(H,22,26). The van der Waals surface area contributed by atoms with E-state index in [1.807, 2.05) is 0 Å². The smallest absolute Gasteiger partial charge is 0.337 e. The van der Waals surface area contributed by atoms with Crippen molar-refractivity contribution in [1.29, 1.82) is 0 Å². The van der Waals surface area contributed by atoms with Gasteiger partial charge in [0.15, 0.2) is 0 Å². The fourth-order valence-electron chi connectivity index (χ4n) is 3.25. The van der Waals surface area contributed by atoms with Crippen molar-refractivity contribution in [2.24, 2.45) is 0 Å². The number of methoxy groups -OCH3 is 1. The van der Waals surface area contributed by atoms with Gasteiger partial charge in [-0.2, -0.15) is 0 Å². The lowest BCUT2D eigenvalue weighted by molar-refractivity contribution is 0.0600. The average Bonchev–Trinajstić information content (AvgIpc) is 2.69. The van der Waals surface area contributed by atoms with Gasteiger partial charge in [-0.15, -0.1) is 0 Å². The van der Waals surface area contributed by atoms with Gasteiger partial charge < -0.3 is 19.9 Å². The number of esters is 1. The number of anilines is 2. The number of nitrogens with zero attached hydrogens (tertiary/aromatic N) is 2. The first-order valence-corrected chi connectivity index (χ1v) is 9.04. The number of hydrogen-bond acceptors (Lipinski definition) is 4. The predicted molar refractivity (Wildman–Crippen MR) is 107 cm³/mol. The van der Waals surface area contributed by atoms with E-state index in [9.17, 15) is 9.59 Å². The first-order valence-electron chi connectivity index (χ1n) is 9.04. The number of aryl methyl sites for hydroxylation is 2. The van der Waals surface area contributed by atoms with E-state index in [4.69, 9.17) is 4.74 Å². The Morgan fingerprint density at radius 1 is 1.00 bits per heavy atom. The number of hydrogen-bond donors (Lipinski definition) is 1. The number of carbonyl (C=O) groups is 2. The number of urea groups is 1. The summed E-state index contributed by atoms with van der Waals surface area (Å²) < 4.78 is 4.72. The molecule has 1 fully saturated rings. The minimum Gasteiger partial charge on any atom is -0.465 e. The fourth-order valence-corrected chi connectivity index (χ4v) is 3.25. The summed E-state index contributed by atoms with van der Waals surface area (Å²) in [5.74, 6) is -0.423. The molecule has 0 unspecified atom stereocenters. The molecular weight excluding hydrogens is 342 g/mol. The second kappa shape index (κ2) is 8.12. The second-order valence-corrected chi connectivity index (χ2v) is 6.77. The lowest BCUT2D eigenvalue weighted by Gasteiger charge is -2.37. The van der Waals surface area contributed by atoms with Crippen molar-refractivity contribution in [3.8, 4) is 0 Å². The van der Waals surface area contributed by atoms with Gasteiger partial charge in [0, 0.05) is 37.6 Å². The molecular formula is C21H25N3O3. The summed E-state index contributed by atoms with van der Waals surface area (Å²) in [6, 6.07) is 13.1. The first-order chi connectivity index (χ1) is 13.0. The lowest BCUT2D eigenvalue weighted by atomic mass is 10.1. The molecule has 6 heteroatoms. The van der Waals surface area contributed by atoms with Crippen LogP contribution in [-0.2, 0) is 4.74 Å². The predicted octanol–water partition coefficient (Wildman–Crippen LogP) is 3.44. The summed E-state index contributed by atoms with van der Waals surface area (Å²) >= 11 is 0. The molecule has 2 aromatic carbocycles. The summed E-state index contributed by atoms with van der Waals surface area (Å²) in [5, 5.41) is 2.87. The van der Waals surface area contributed by atoms with Crippen LogP contribution in [0.2, 0.25) is 0 Å². The van der Waals surface area contributed by atoms with E-state index in [-0.39, 0.29) is 6.03 Å². The van der Waals surface area contributed by atoms with Gasteiger partial charge in [-0.3, -0.25) is 0 Å². The van der Waals surface area contributed by atoms with E-state index in [2.05, 4.69) is 42.3 Å². The Hall–Kier alpha value is -3.02. The van der Waals surface area contributed by atoms with Crippen LogP contribution >= 0.6 is 0 Å². The molecule has 6 nitrogen and oxygen atoms in total. The highest BCUT2D eigenvalue weighted by molar-refractivity contribution is 5.94. The highest BCUT2D eigenvalue weighted by atomic mass is 16.5. The van der Waals surface area contributed by atoms with Gasteiger partial charge in [-0.1, -0.05) is 18.2 Å². The molecule has 0 saturated carbocycles. The largest absolute Gasteiger partial charge is 0.465 e. The van der Waals surface area contributed by atoms with Crippen LogP contribution in [0, 0.1) is 13.8 Å². The fraction of sp³-hybridized carbons (Fsp3) is 0.333. The lowest BCUT2D eigenvalue weighted by Crippen LogP contribution is -2.50. The number of rotatable bonds is 3. The van der Waals surface area contributed by atoms with Crippen LogP contribution in [0.4, 0.5) is 16.2 Å². The third-order valence-electron chi connectivity index (χ3n) is 4.81.